The third-order valence-electron chi connectivity index (χ3n) is 7.22. The molecular weight excluding hydrogens is 420 g/mol. The van der Waals surface area contributed by atoms with Gasteiger partial charge in [-0.05, 0) is 37.7 Å². The van der Waals surface area contributed by atoms with Crippen LogP contribution in [-0.4, -0.2) is 76.9 Å². The average Bonchev–Trinajstić information content (AvgIpc) is 3.37. The fourth-order valence-electron chi connectivity index (χ4n) is 5.45. The van der Waals surface area contributed by atoms with Crippen LogP contribution in [0.2, 0.25) is 0 Å². The molecule has 0 aliphatic carbocycles. The minimum Gasteiger partial charge on any atom is -0.342 e. The first-order valence-corrected chi connectivity index (χ1v) is 11.9. The van der Waals surface area contributed by atoms with Gasteiger partial charge >= 0.3 is 0 Å². The van der Waals surface area contributed by atoms with Crippen molar-refractivity contribution in [1.82, 2.24) is 20.2 Å². The van der Waals surface area contributed by atoms with Gasteiger partial charge in [0.15, 0.2) is 0 Å². The van der Waals surface area contributed by atoms with Crippen LogP contribution in [0.5, 0.6) is 0 Å². The summed E-state index contributed by atoms with van der Waals surface area (Å²) in [5.74, 6) is -0.934. The van der Waals surface area contributed by atoms with Gasteiger partial charge in [0, 0.05) is 45.2 Å². The molecule has 2 amide bonds. The lowest BCUT2D eigenvalue weighted by atomic mass is 9.83. The normalized spacial score (nSPS) is 26.1. The Morgan fingerprint density at radius 3 is 2.36 bits per heavy atom. The minimum atomic E-state index is -0.708. The van der Waals surface area contributed by atoms with E-state index in [1.807, 2.05) is 34.2 Å². The number of guanidine groups is 1. The first kappa shape index (κ1) is 23.1. The molecule has 0 saturated carbocycles. The van der Waals surface area contributed by atoms with E-state index in [2.05, 4.69) is 22.0 Å². The molecule has 0 radical (unpaired) electrons. The second-order valence-electron chi connectivity index (χ2n) is 9.16. The number of carbonyl (C=O) groups is 2. The van der Waals surface area contributed by atoms with Gasteiger partial charge in [-0.2, -0.15) is 5.26 Å². The van der Waals surface area contributed by atoms with E-state index >= 15 is 0 Å². The molecule has 0 spiro atoms. The van der Waals surface area contributed by atoms with Gasteiger partial charge < -0.3 is 14.7 Å². The van der Waals surface area contributed by atoms with Gasteiger partial charge in [0.05, 0.1) is 11.8 Å². The molecule has 3 fully saturated rings. The summed E-state index contributed by atoms with van der Waals surface area (Å²) in [6.07, 6.45) is 6.51. The predicted molar refractivity (Wildman–Crippen MR) is 122 cm³/mol. The quantitative estimate of drug-likeness (QED) is 0.238. The number of nitriles is 1. The number of amides is 2. The molecule has 4 rings (SSSR count). The number of hydroxylamine groups is 1. The Balaban J connectivity index is 1.47. The third kappa shape index (κ3) is 5.11. The van der Waals surface area contributed by atoms with Gasteiger partial charge in [-0.1, -0.05) is 30.3 Å². The van der Waals surface area contributed by atoms with Crippen molar-refractivity contribution < 1.29 is 14.8 Å². The van der Waals surface area contributed by atoms with E-state index in [1.54, 1.807) is 5.48 Å². The maximum Gasteiger partial charge on any atom is 0.249 e. The highest BCUT2D eigenvalue weighted by Crippen LogP contribution is 2.32. The van der Waals surface area contributed by atoms with E-state index in [4.69, 9.17) is 0 Å². The maximum absolute atomic E-state index is 13.5. The van der Waals surface area contributed by atoms with Crippen molar-refractivity contribution in [3.63, 3.8) is 0 Å². The zero-order chi connectivity index (χ0) is 23.2. The molecule has 2 N–H and O–H groups in total. The number of likely N-dealkylation sites (tertiary alicyclic amines) is 3. The van der Waals surface area contributed by atoms with Crippen LogP contribution in [0.25, 0.3) is 0 Å². The van der Waals surface area contributed by atoms with Crippen LogP contribution >= 0.6 is 0 Å². The Hall–Kier alpha value is -3.12. The topological polar surface area (TPSA) is 112 Å². The van der Waals surface area contributed by atoms with Crippen molar-refractivity contribution >= 4 is 17.8 Å². The van der Waals surface area contributed by atoms with Gasteiger partial charge in [0.25, 0.3) is 0 Å². The summed E-state index contributed by atoms with van der Waals surface area (Å²) in [6, 6.07) is 10.2. The lowest BCUT2D eigenvalue weighted by molar-refractivity contribution is -0.147. The van der Waals surface area contributed by atoms with Gasteiger partial charge in [0.1, 0.15) is 0 Å². The average molecular weight is 453 g/mol. The molecule has 9 heteroatoms. The number of hydrogen-bond acceptors (Lipinski definition) is 5. The standard InChI is InChI=1S/C24H32N6O3/c25-17-26-24(28-11-5-2-6-12-28)30-14-10-20(21(16-30)22(31)27-33)23(32)29-13-9-19(15-29)18-7-3-1-4-8-18/h1,3-4,7-8,19-21,33H,2,5-6,9-16H2,(H,27,31)/t19-,20?,21?/m0/s1. The van der Waals surface area contributed by atoms with Crippen LogP contribution in [0.3, 0.4) is 0 Å². The summed E-state index contributed by atoms with van der Waals surface area (Å²) in [7, 11) is 0. The van der Waals surface area contributed by atoms with Gasteiger partial charge in [-0.3, -0.25) is 14.8 Å². The molecule has 3 aliphatic heterocycles. The molecule has 0 aromatic heterocycles. The summed E-state index contributed by atoms with van der Waals surface area (Å²) in [4.78, 5) is 36.0. The van der Waals surface area contributed by atoms with Crippen molar-refractivity contribution in [1.29, 1.82) is 5.26 Å². The number of rotatable bonds is 3. The highest BCUT2D eigenvalue weighted by atomic mass is 16.5. The molecule has 3 atom stereocenters. The Kier molecular flexibility index (Phi) is 7.45. The van der Waals surface area contributed by atoms with Crippen LogP contribution in [0.1, 0.15) is 43.6 Å². The fraction of sp³-hybridized carbons (Fsp3) is 0.583. The second-order valence-corrected chi connectivity index (χ2v) is 9.16. The highest BCUT2D eigenvalue weighted by molar-refractivity contribution is 5.89. The lowest BCUT2D eigenvalue weighted by Crippen LogP contribution is -2.56. The van der Waals surface area contributed by atoms with E-state index in [-0.39, 0.29) is 12.5 Å². The van der Waals surface area contributed by atoms with Gasteiger partial charge in [-0.15, -0.1) is 4.99 Å². The van der Waals surface area contributed by atoms with Crippen molar-refractivity contribution in [2.24, 2.45) is 16.8 Å². The Labute approximate surface area is 194 Å². The molecule has 3 aliphatic rings. The SMILES string of the molecule is N#CN=C(N1CCCCC1)N1CCC(C(=O)N2CC[C@H](c3ccccc3)C2)C(C(=O)NO)C1. The monoisotopic (exact) mass is 452 g/mol. The van der Waals surface area contributed by atoms with Gasteiger partial charge in [0.2, 0.25) is 24.0 Å². The molecule has 33 heavy (non-hydrogen) atoms. The minimum absolute atomic E-state index is 0.0292. The number of hydrogen-bond donors (Lipinski definition) is 2. The summed E-state index contributed by atoms with van der Waals surface area (Å²) >= 11 is 0. The largest absolute Gasteiger partial charge is 0.342 e. The van der Waals surface area contributed by atoms with Crippen molar-refractivity contribution in [2.75, 3.05) is 39.3 Å². The lowest BCUT2D eigenvalue weighted by Gasteiger charge is -2.42. The van der Waals surface area contributed by atoms with Crippen LogP contribution in [0.15, 0.2) is 35.3 Å². The first-order valence-electron chi connectivity index (χ1n) is 11.9. The summed E-state index contributed by atoms with van der Waals surface area (Å²) < 4.78 is 0. The Morgan fingerprint density at radius 1 is 0.939 bits per heavy atom. The number of carbonyl (C=O) groups excluding carboxylic acids is 2. The van der Waals surface area contributed by atoms with E-state index < -0.39 is 17.7 Å². The highest BCUT2D eigenvalue weighted by Gasteiger charge is 2.43. The predicted octanol–water partition coefficient (Wildman–Crippen LogP) is 1.77. The van der Waals surface area contributed by atoms with E-state index in [0.29, 0.717) is 37.9 Å². The van der Waals surface area contributed by atoms with Crippen LogP contribution in [-0.2, 0) is 9.59 Å². The van der Waals surface area contributed by atoms with Crippen LogP contribution < -0.4 is 5.48 Å². The molecule has 9 nitrogen and oxygen atoms in total. The van der Waals surface area contributed by atoms with Crippen LogP contribution in [0.4, 0.5) is 0 Å². The fourth-order valence-corrected chi connectivity index (χ4v) is 5.45. The van der Waals surface area contributed by atoms with E-state index in [0.717, 1.165) is 38.8 Å². The van der Waals surface area contributed by atoms with Crippen molar-refractivity contribution in [3.8, 4) is 6.19 Å². The summed E-state index contributed by atoms with van der Waals surface area (Å²) in [5.41, 5.74) is 2.99. The number of nitrogens with one attached hydrogen (secondary N) is 1. The first-order chi connectivity index (χ1) is 16.1. The molecule has 176 valence electrons. The van der Waals surface area contributed by atoms with Crippen LogP contribution in [0, 0.1) is 23.3 Å². The zero-order valence-electron chi connectivity index (χ0n) is 18.9. The van der Waals surface area contributed by atoms with E-state index in [9.17, 15) is 20.1 Å². The third-order valence-corrected chi connectivity index (χ3v) is 7.22. The molecule has 3 heterocycles. The molecular formula is C24H32N6O3. The van der Waals surface area contributed by atoms with Gasteiger partial charge in [-0.25, -0.2) is 5.48 Å². The Bertz CT molecular complexity index is 909. The van der Waals surface area contributed by atoms with E-state index in [1.165, 1.54) is 5.56 Å². The molecule has 0 bridgehead atoms. The molecule has 1 aromatic rings. The summed E-state index contributed by atoms with van der Waals surface area (Å²) in [6.45, 7) is 3.75. The number of nitrogens with zero attached hydrogens (tertiary/aromatic N) is 5. The Morgan fingerprint density at radius 2 is 1.67 bits per heavy atom. The molecule has 3 saturated heterocycles. The number of aliphatic imine (C=N–C) groups is 1. The molecule has 2 unspecified atom stereocenters. The smallest absolute Gasteiger partial charge is 0.249 e. The number of benzene rings is 1. The maximum atomic E-state index is 13.5. The number of piperidine rings is 2. The van der Waals surface area contributed by atoms with Crippen molar-refractivity contribution in [2.45, 2.75) is 38.0 Å². The van der Waals surface area contributed by atoms with Crippen molar-refractivity contribution in [3.05, 3.63) is 35.9 Å². The summed E-state index contributed by atoms with van der Waals surface area (Å²) in [5, 5.41) is 18.6. The zero-order valence-corrected chi connectivity index (χ0v) is 18.9. The molecule has 1 aromatic carbocycles. The second kappa shape index (κ2) is 10.7.